The number of rotatable bonds is 4. The van der Waals surface area contributed by atoms with Gasteiger partial charge in [-0.15, -0.1) is 0 Å². The number of hydrogen-bond acceptors (Lipinski definition) is 5. The van der Waals surface area contributed by atoms with E-state index in [0.29, 0.717) is 11.3 Å². The maximum absolute atomic E-state index is 12.3. The fourth-order valence-corrected chi connectivity index (χ4v) is 3.25. The summed E-state index contributed by atoms with van der Waals surface area (Å²) >= 11 is 0. The molecule has 0 aliphatic rings. The number of amides is 1. The average molecular weight is 361 g/mol. The largest absolute Gasteiger partial charge is 0.370 e. The molecule has 132 valence electrons. The Balaban J connectivity index is 2.68. The number of pyridine rings is 1. The number of anilines is 2. The van der Waals surface area contributed by atoms with Gasteiger partial charge >= 0.3 is 0 Å². The van der Waals surface area contributed by atoms with Crippen molar-refractivity contribution in [1.82, 2.24) is 4.98 Å². The number of nitrogens with zero attached hydrogens (tertiary/aromatic N) is 3. The third kappa shape index (κ3) is 4.13. The molecule has 0 aliphatic carbocycles. The lowest BCUT2D eigenvalue weighted by atomic mass is 10.1. The Morgan fingerprint density at radius 2 is 1.80 bits per heavy atom. The van der Waals surface area contributed by atoms with E-state index in [9.17, 15) is 13.2 Å². The van der Waals surface area contributed by atoms with Crippen LogP contribution in [0.1, 0.15) is 15.9 Å². The van der Waals surface area contributed by atoms with Crippen molar-refractivity contribution in [1.29, 1.82) is 0 Å². The quantitative estimate of drug-likeness (QED) is 0.612. The Kier molecular flexibility index (Phi) is 5.07. The summed E-state index contributed by atoms with van der Waals surface area (Å²) in [5, 5.41) is 0. The third-order valence-corrected chi connectivity index (χ3v) is 4.70. The maximum Gasteiger partial charge on any atom is 0.280 e. The molecular weight excluding hydrogens is 342 g/mol. The summed E-state index contributed by atoms with van der Waals surface area (Å²) in [4.78, 5) is 21.3. The molecule has 0 fully saturated rings. The van der Waals surface area contributed by atoms with Gasteiger partial charge in [0.05, 0.1) is 10.6 Å². The second kappa shape index (κ2) is 6.89. The Labute approximate surface area is 146 Å². The first kappa shape index (κ1) is 18.4. The molecule has 0 saturated carbocycles. The molecule has 0 radical (unpaired) electrons. The van der Waals surface area contributed by atoms with E-state index in [1.807, 2.05) is 0 Å². The SMILES string of the molecule is Cc1cc(N(C)c2ccncc2)c(S(C)(=O)=O)cc1C(=O)N=C(N)N. The lowest BCUT2D eigenvalue weighted by molar-refractivity contribution is 0.100. The predicted molar refractivity (Wildman–Crippen MR) is 96.7 cm³/mol. The van der Waals surface area contributed by atoms with Crippen LogP contribution in [-0.4, -0.2) is 38.6 Å². The van der Waals surface area contributed by atoms with Crippen molar-refractivity contribution in [3.05, 3.63) is 47.8 Å². The number of aromatic nitrogens is 1. The number of aliphatic imine (C=N–C) groups is 1. The summed E-state index contributed by atoms with van der Waals surface area (Å²) in [5.74, 6) is -1.08. The van der Waals surface area contributed by atoms with Crippen LogP contribution < -0.4 is 16.4 Å². The first-order valence-electron chi connectivity index (χ1n) is 7.23. The van der Waals surface area contributed by atoms with E-state index >= 15 is 0 Å². The highest BCUT2D eigenvalue weighted by atomic mass is 32.2. The lowest BCUT2D eigenvalue weighted by Gasteiger charge is -2.23. The monoisotopic (exact) mass is 361 g/mol. The summed E-state index contributed by atoms with van der Waals surface area (Å²) < 4.78 is 24.5. The van der Waals surface area contributed by atoms with E-state index in [-0.39, 0.29) is 16.4 Å². The van der Waals surface area contributed by atoms with Gasteiger partial charge in [-0.05, 0) is 36.8 Å². The molecule has 0 atom stereocenters. The van der Waals surface area contributed by atoms with Crippen LogP contribution in [0.5, 0.6) is 0 Å². The normalized spacial score (nSPS) is 11.0. The maximum atomic E-state index is 12.3. The van der Waals surface area contributed by atoms with Gasteiger partial charge in [-0.2, -0.15) is 4.99 Å². The summed E-state index contributed by atoms with van der Waals surface area (Å²) in [6.07, 6.45) is 4.29. The summed E-state index contributed by atoms with van der Waals surface area (Å²) in [5.41, 5.74) is 12.3. The third-order valence-electron chi connectivity index (χ3n) is 3.58. The zero-order chi connectivity index (χ0) is 18.8. The first-order chi connectivity index (χ1) is 11.6. The van der Waals surface area contributed by atoms with Gasteiger partial charge in [-0.25, -0.2) is 8.42 Å². The zero-order valence-electron chi connectivity index (χ0n) is 14.1. The van der Waals surface area contributed by atoms with Gasteiger partial charge in [-0.1, -0.05) is 0 Å². The molecule has 0 unspecified atom stereocenters. The lowest BCUT2D eigenvalue weighted by Crippen LogP contribution is -2.24. The van der Waals surface area contributed by atoms with Crippen molar-refractivity contribution >= 4 is 33.1 Å². The molecule has 2 aromatic rings. The van der Waals surface area contributed by atoms with Crippen LogP contribution in [0.25, 0.3) is 0 Å². The predicted octanol–water partition coefficient (Wildman–Crippen LogP) is 0.975. The van der Waals surface area contributed by atoms with E-state index in [4.69, 9.17) is 11.5 Å². The fourth-order valence-electron chi connectivity index (χ4n) is 2.35. The van der Waals surface area contributed by atoms with Crippen LogP contribution in [0.15, 0.2) is 46.5 Å². The van der Waals surface area contributed by atoms with Crippen LogP contribution in [0.2, 0.25) is 0 Å². The number of carbonyl (C=O) groups is 1. The molecule has 0 saturated heterocycles. The number of sulfone groups is 1. The molecule has 25 heavy (non-hydrogen) atoms. The minimum Gasteiger partial charge on any atom is -0.370 e. The second-order valence-corrected chi connectivity index (χ2v) is 7.50. The van der Waals surface area contributed by atoms with E-state index in [2.05, 4.69) is 9.98 Å². The number of carbonyl (C=O) groups excluding carboxylic acids is 1. The molecule has 8 nitrogen and oxygen atoms in total. The average Bonchev–Trinajstić information content (AvgIpc) is 2.52. The topological polar surface area (TPSA) is 132 Å². The number of aryl methyl sites for hydroxylation is 1. The highest BCUT2D eigenvalue weighted by molar-refractivity contribution is 7.90. The van der Waals surface area contributed by atoms with Crippen molar-refractivity contribution in [2.45, 2.75) is 11.8 Å². The van der Waals surface area contributed by atoms with Crippen molar-refractivity contribution in [3.8, 4) is 0 Å². The van der Waals surface area contributed by atoms with Crippen LogP contribution in [-0.2, 0) is 9.84 Å². The molecule has 1 aromatic carbocycles. The summed E-state index contributed by atoms with van der Waals surface area (Å²) in [6, 6.07) is 6.42. The Morgan fingerprint density at radius 1 is 1.20 bits per heavy atom. The van der Waals surface area contributed by atoms with Crippen molar-refractivity contribution in [2.24, 2.45) is 16.5 Å². The van der Waals surface area contributed by atoms with Gasteiger partial charge in [0.1, 0.15) is 0 Å². The van der Waals surface area contributed by atoms with Gasteiger partial charge in [-0.3, -0.25) is 9.78 Å². The summed E-state index contributed by atoms with van der Waals surface area (Å²) in [7, 11) is -1.88. The molecular formula is C16H19N5O3S. The number of nitrogens with two attached hydrogens (primary N) is 2. The number of hydrogen-bond donors (Lipinski definition) is 2. The van der Waals surface area contributed by atoms with Gasteiger partial charge in [0.25, 0.3) is 5.91 Å². The Morgan fingerprint density at radius 3 is 2.32 bits per heavy atom. The van der Waals surface area contributed by atoms with Crippen molar-refractivity contribution < 1.29 is 13.2 Å². The van der Waals surface area contributed by atoms with E-state index in [1.54, 1.807) is 49.5 Å². The standard InChI is InChI=1S/C16H19N5O3S/c1-10-8-13(21(2)11-4-6-19-7-5-11)14(25(3,23)24)9-12(10)15(22)20-16(17)18/h4-9H,1-3H3,(H4,17,18,20,22). The first-order valence-corrected chi connectivity index (χ1v) is 9.13. The van der Waals surface area contributed by atoms with Gasteiger partial charge in [0, 0.05) is 36.9 Å². The van der Waals surface area contributed by atoms with Crippen LogP contribution in [0, 0.1) is 6.92 Å². The number of benzene rings is 1. The smallest absolute Gasteiger partial charge is 0.280 e. The van der Waals surface area contributed by atoms with E-state index < -0.39 is 15.7 Å². The highest BCUT2D eigenvalue weighted by Crippen LogP contribution is 2.32. The van der Waals surface area contributed by atoms with Gasteiger partial charge in [0.15, 0.2) is 15.8 Å². The highest BCUT2D eigenvalue weighted by Gasteiger charge is 2.22. The van der Waals surface area contributed by atoms with Crippen molar-refractivity contribution in [3.63, 3.8) is 0 Å². The molecule has 2 rings (SSSR count). The fraction of sp³-hybridized carbons (Fsp3) is 0.188. The Bertz CT molecular complexity index is 936. The zero-order valence-corrected chi connectivity index (χ0v) is 14.9. The molecule has 0 spiro atoms. The van der Waals surface area contributed by atoms with Gasteiger partial charge < -0.3 is 16.4 Å². The van der Waals surface area contributed by atoms with E-state index in [1.165, 1.54) is 6.07 Å². The molecule has 1 amide bonds. The number of guanidine groups is 1. The second-order valence-electron chi connectivity index (χ2n) is 5.51. The summed E-state index contributed by atoms with van der Waals surface area (Å²) in [6.45, 7) is 1.69. The molecule has 0 aliphatic heterocycles. The molecule has 0 bridgehead atoms. The minimum atomic E-state index is -3.61. The molecule has 4 N–H and O–H groups in total. The molecule has 1 aromatic heterocycles. The van der Waals surface area contributed by atoms with Crippen LogP contribution in [0.4, 0.5) is 11.4 Å². The van der Waals surface area contributed by atoms with Crippen LogP contribution >= 0.6 is 0 Å². The Hall–Kier alpha value is -2.94. The minimum absolute atomic E-state index is 0.00607. The van der Waals surface area contributed by atoms with Gasteiger partial charge in [0.2, 0.25) is 0 Å². The van der Waals surface area contributed by atoms with Crippen LogP contribution in [0.3, 0.4) is 0 Å². The molecule has 9 heteroatoms. The van der Waals surface area contributed by atoms with Crippen molar-refractivity contribution in [2.75, 3.05) is 18.2 Å². The van der Waals surface area contributed by atoms with E-state index in [0.717, 1.165) is 11.9 Å². The molecule has 1 heterocycles.